The minimum absolute atomic E-state index is 0.526. The summed E-state index contributed by atoms with van der Waals surface area (Å²) in [7, 11) is 0. The molecule has 2 aliphatic rings. The zero-order valence-electron chi connectivity index (χ0n) is 14.2. The van der Waals surface area contributed by atoms with E-state index in [1.165, 1.54) is 30.2 Å². The second-order valence-corrected chi connectivity index (χ2v) is 7.03. The van der Waals surface area contributed by atoms with Crippen molar-refractivity contribution in [3.05, 3.63) is 42.1 Å². The van der Waals surface area contributed by atoms with Crippen LogP contribution in [0.2, 0.25) is 0 Å². The molecule has 1 aliphatic carbocycles. The van der Waals surface area contributed by atoms with E-state index < -0.39 is 0 Å². The largest absolute Gasteiger partial charge is 0.379 e. The van der Waals surface area contributed by atoms with Gasteiger partial charge in [0.1, 0.15) is 0 Å². The summed E-state index contributed by atoms with van der Waals surface area (Å²) in [5.74, 6) is 0.705. The van der Waals surface area contributed by atoms with Gasteiger partial charge >= 0.3 is 0 Å². The Labute approximate surface area is 144 Å². The molecule has 1 aliphatic heterocycles. The summed E-state index contributed by atoms with van der Waals surface area (Å²) >= 11 is 0. The Morgan fingerprint density at radius 2 is 2.17 bits per heavy atom. The maximum Gasteiger partial charge on any atom is 0.0734 e. The minimum Gasteiger partial charge on any atom is -0.379 e. The highest BCUT2D eigenvalue weighted by Crippen LogP contribution is 2.29. The predicted octanol–water partition coefficient (Wildman–Crippen LogP) is 2.52. The molecule has 3 atom stereocenters. The molecule has 3 unspecified atom stereocenters. The zero-order valence-corrected chi connectivity index (χ0v) is 14.2. The van der Waals surface area contributed by atoms with Gasteiger partial charge in [-0.3, -0.25) is 4.98 Å². The van der Waals surface area contributed by atoms with Gasteiger partial charge in [-0.05, 0) is 43.4 Å². The van der Waals surface area contributed by atoms with Gasteiger partial charge in [0.05, 0.1) is 18.7 Å². The van der Waals surface area contributed by atoms with Crippen LogP contribution in [0.4, 0.5) is 0 Å². The average molecular weight is 325 g/mol. The van der Waals surface area contributed by atoms with Gasteiger partial charge in [-0.1, -0.05) is 30.7 Å². The third-order valence-corrected chi connectivity index (χ3v) is 5.55. The van der Waals surface area contributed by atoms with Crippen molar-refractivity contribution in [3.8, 4) is 0 Å². The van der Waals surface area contributed by atoms with Crippen molar-refractivity contribution in [2.75, 3.05) is 26.3 Å². The highest BCUT2D eigenvalue weighted by atomic mass is 16.5. The number of para-hydroxylation sites is 1. The van der Waals surface area contributed by atoms with Gasteiger partial charge in [0.15, 0.2) is 0 Å². The SMILES string of the molecule is c1cnc2c(CCNC3CCCC3C3COCCN3)cccc2c1. The summed E-state index contributed by atoms with van der Waals surface area (Å²) in [6.07, 6.45) is 6.86. The third-order valence-electron chi connectivity index (χ3n) is 5.55. The molecule has 1 saturated heterocycles. The maximum absolute atomic E-state index is 5.67. The van der Waals surface area contributed by atoms with Gasteiger partial charge in [-0.15, -0.1) is 0 Å². The molecule has 1 saturated carbocycles. The number of nitrogens with zero attached hydrogens (tertiary/aromatic N) is 1. The zero-order chi connectivity index (χ0) is 16.2. The first-order valence-corrected chi connectivity index (χ1v) is 9.29. The van der Waals surface area contributed by atoms with E-state index in [1.54, 1.807) is 0 Å². The minimum atomic E-state index is 0.526. The highest BCUT2D eigenvalue weighted by molar-refractivity contribution is 5.81. The van der Waals surface area contributed by atoms with Gasteiger partial charge < -0.3 is 15.4 Å². The number of rotatable bonds is 5. The number of nitrogens with one attached hydrogen (secondary N) is 2. The van der Waals surface area contributed by atoms with Crippen molar-refractivity contribution in [1.82, 2.24) is 15.6 Å². The molecule has 1 aromatic heterocycles. The van der Waals surface area contributed by atoms with Crippen LogP contribution in [0.3, 0.4) is 0 Å². The van der Waals surface area contributed by atoms with Crippen molar-refractivity contribution < 1.29 is 4.74 Å². The van der Waals surface area contributed by atoms with E-state index >= 15 is 0 Å². The number of aromatic nitrogens is 1. The van der Waals surface area contributed by atoms with E-state index in [9.17, 15) is 0 Å². The van der Waals surface area contributed by atoms with Crippen molar-refractivity contribution in [3.63, 3.8) is 0 Å². The lowest BCUT2D eigenvalue weighted by Gasteiger charge is -2.33. The number of fused-ring (bicyclic) bond motifs is 1. The molecule has 0 bridgehead atoms. The fraction of sp³-hybridized carbons (Fsp3) is 0.550. The summed E-state index contributed by atoms with van der Waals surface area (Å²) in [6, 6.07) is 11.8. The molecule has 0 amide bonds. The number of ether oxygens (including phenoxy) is 1. The number of pyridine rings is 1. The fourth-order valence-corrected chi connectivity index (χ4v) is 4.35. The molecule has 4 nitrogen and oxygen atoms in total. The molecule has 0 radical (unpaired) electrons. The predicted molar refractivity (Wildman–Crippen MR) is 97.2 cm³/mol. The Morgan fingerprint density at radius 3 is 3.08 bits per heavy atom. The van der Waals surface area contributed by atoms with Crippen LogP contribution in [0, 0.1) is 5.92 Å². The number of hydrogen-bond donors (Lipinski definition) is 2. The number of morpholine rings is 1. The molecule has 4 heteroatoms. The van der Waals surface area contributed by atoms with Crippen LogP contribution < -0.4 is 10.6 Å². The molecule has 128 valence electrons. The van der Waals surface area contributed by atoms with E-state index in [-0.39, 0.29) is 0 Å². The first-order valence-electron chi connectivity index (χ1n) is 9.29. The number of benzene rings is 1. The second-order valence-electron chi connectivity index (χ2n) is 7.03. The fourth-order valence-electron chi connectivity index (χ4n) is 4.35. The summed E-state index contributed by atoms with van der Waals surface area (Å²) in [6.45, 7) is 3.74. The Balaban J connectivity index is 1.36. The Hall–Kier alpha value is -1.49. The van der Waals surface area contributed by atoms with Crippen molar-refractivity contribution >= 4 is 10.9 Å². The van der Waals surface area contributed by atoms with Crippen LogP contribution >= 0.6 is 0 Å². The van der Waals surface area contributed by atoms with Gasteiger partial charge in [-0.2, -0.15) is 0 Å². The molecule has 4 rings (SSSR count). The van der Waals surface area contributed by atoms with Crippen LogP contribution in [0.1, 0.15) is 24.8 Å². The van der Waals surface area contributed by atoms with Gasteiger partial charge in [0, 0.05) is 30.2 Å². The normalized spacial score (nSPS) is 27.6. The molecular weight excluding hydrogens is 298 g/mol. The monoisotopic (exact) mass is 325 g/mol. The van der Waals surface area contributed by atoms with Crippen molar-refractivity contribution in [1.29, 1.82) is 0 Å². The first-order chi connectivity index (χ1) is 11.9. The highest BCUT2D eigenvalue weighted by Gasteiger charge is 2.34. The molecule has 24 heavy (non-hydrogen) atoms. The summed E-state index contributed by atoms with van der Waals surface area (Å²) in [4.78, 5) is 4.57. The average Bonchev–Trinajstić information content (AvgIpc) is 3.11. The van der Waals surface area contributed by atoms with Crippen LogP contribution in [0.5, 0.6) is 0 Å². The maximum atomic E-state index is 5.67. The molecule has 2 N–H and O–H groups in total. The molecule has 1 aromatic carbocycles. The standard InChI is InChI=1S/C20H27N3O/c1-4-15-6-3-10-23-20(15)16(5-1)9-11-21-18-8-2-7-17(18)19-14-24-13-12-22-19/h1,3-6,10,17-19,21-22H,2,7-9,11-14H2. The number of hydrogen-bond acceptors (Lipinski definition) is 4. The second kappa shape index (κ2) is 7.60. The Kier molecular flexibility index (Phi) is 5.07. The quantitative estimate of drug-likeness (QED) is 0.887. The van der Waals surface area contributed by atoms with Crippen LogP contribution in [-0.4, -0.2) is 43.4 Å². The van der Waals surface area contributed by atoms with Gasteiger partial charge in [0.25, 0.3) is 0 Å². The molecular formula is C20H27N3O. The van der Waals surface area contributed by atoms with E-state index in [1.807, 2.05) is 12.3 Å². The van der Waals surface area contributed by atoms with Gasteiger partial charge in [-0.25, -0.2) is 0 Å². The summed E-state index contributed by atoms with van der Waals surface area (Å²) in [5.41, 5.74) is 2.49. The molecule has 2 aromatic rings. The summed E-state index contributed by atoms with van der Waals surface area (Å²) in [5, 5.41) is 8.70. The molecule has 2 heterocycles. The van der Waals surface area contributed by atoms with Crippen molar-refractivity contribution in [2.45, 2.75) is 37.8 Å². The van der Waals surface area contributed by atoms with E-state index in [4.69, 9.17) is 4.74 Å². The van der Waals surface area contributed by atoms with E-state index in [0.29, 0.717) is 18.0 Å². The van der Waals surface area contributed by atoms with Crippen molar-refractivity contribution in [2.24, 2.45) is 5.92 Å². The lowest BCUT2D eigenvalue weighted by atomic mass is 9.94. The summed E-state index contributed by atoms with van der Waals surface area (Å²) < 4.78 is 5.67. The van der Waals surface area contributed by atoms with Gasteiger partial charge in [0.2, 0.25) is 0 Å². The van der Waals surface area contributed by atoms with Crippen LogP contribution in [0.15, 0.2) is 36.5 Å². The smallest absolute Gasteiger partial charge is 0.0734 e. The Morgan fingerprint density at radius 1 is 1.21 bits per heavy atom. The van der Waals surface area contributed by atoms with Crippen LogP contribution in [-0.2, 0) is 11.2 Å². The first kappa shape index (κ1) is 16.0. The lowest BCUT2D eigenvalue weighted by molar-refractivity contribution is 0.0526. The van der Waals surface area contributed by atoms with Crippen LogP contribution in [0.25, 0.3) is 10.9 Å². The molecule has 0 spiro atoms. The topological polar surface area (TPSA) is 46.2 Å². The Bertz CT molecular complexity index is 663. The van der Waals surface area contributed by atoms with E-state index in [0.717, 1.165) is 38.2 Å². The molecule has 2 fully saturated rings. The third kappa shape index (κ3) is 3.46. The lowest BCUT2D eigenvalue weighted by Crippen LogP contribution is -2.51. The van der Waals surface area contributed by atoms with E-state index in [2.05, 4.69) is 39.9 Å².